The third kappa shape index (κ3) is 4.61. The number of benzene rings is 1. The fourth-order valence-corrected chi connectivity index (χ4v) is 5.28. The number of likely N-dealkylation sites (tertiary alicyclic amines) is 1. The topological polar surface area (TPSA) is 66.0 Å². The molecule has 0 spiro atoms. The number of hydrogen-bond acceptors (Lipinski definition) is 6. The highest BCUT2D eigenvalue weighted by Crippen LogP contribution is 2.24. The van der Waals surface area contributed by atoms with Crippen LogP contribution in [0.25, 0.3) is 0 Å². The molecule has 156 valence electrons. The Labute approximate surface area is 172 Å². The van der Waals surface area contributed by atoms with Gasteiger partial charge in [-0.1, -0.05) is 30.3 Å². The van der Waals surface area contributed by atoms with Crippen molar-refractivity contribution in [1.29, 1.82) is 0 Å². The van der Waals surface area contributed by atoms with Gasteiger partial charge in [-0.15, -0.1) is 0 Å². The summed E-state index contributed by atoms with van der Waals surface area (Å²) < 4.78 is 33.1. The third-order valence-electron chi connectivity index (χ3n) is 5.74. The van der Waals surface area contributed by atoms with Crippen molar-refractivity contribution < 1.29 is 13.2 Å². The second-order valence-electron chi connectivity index (χ2n) is 7.64. The Balaban J connectivity index is 1.40. The summed E-state index contributed by atoms with van der Waals surface area (Å²) in [6.45, 7) is 5.38. The van der Waals surface area contributed by atoms with Gasteiger partial charge in [-0.2, -0.15) is 4.31 Å². The predicted molar refractivity (Wildman–Crippen MR) is 112 cm³/mol. The fourth-order valence-electron chi connectivity index (χ4n) is 3.96. The molecule has 1 aromatic carbocycles. The maximum absolute atomic E-state index is 13.1. The molecule has 1 atom stereocenters. The number of pyridine rings is 1. The summed E-state index contributed by atoms with van der Waals surface area (Å²) in [7, 11) is -1.88. The van der Waals surface area contributed by atoms with Gasteiger partial charge in [-0.3, -0.25) is 4.90 Å². The van der Waals surface area contributed by atoms with Crippen LogP contribution in [0, 0.1) is 0 Å². The molecule has 2 saturated heterocycles. The van der Waals surface area contributed by atoms with Crippen LogP contribution in [-0.4, -0.2) is 75.1 Å². The van der Waals surface area contributed by atoms with Crippen LogP contribution in [-0.2, 0) is 21.3 Å². The maximum Gasteiger partial charge on any atom is 0.244 e. The van der Waals surface area contributed by atoms with Crippen molar-refractivity contribution in [3.05, 3.63) is 54.2 Å². The molecule has 8 heteroatoms. The maximum atomic E-state index is 13.1. The summed E-state index contributed by atoms with van der Waals surface area (Å²) in [5.41, 5.74) is 1.25. The first kappa shape index (κ1) is 20.3. The smallest absolute Gasteiger partial charge is 0.244 e. The zero-order valence-electron chi connectivity index (χ0n) is 16.8. The number of likely N-dealkylation sites (N-methyl/N-ethyl adjacent to an activating group) is 1. The highest BCUT2D eigenvalue weighted by Gasteiger charge is 2.33. The number of hydrogen-bond donors (Lipinski definition) is 0. The number of aromatic nitrogens is 1. The van der Waals surface area contributed by atoms with E-state index < -0.39 is 10.0 Å². The highest BCUT2D eigenvalue weighted by molar-refractivity contribution is 7.89. The Hall–Kier alpha value is -2.00. The average Bonchev–Trinajstić information content (AvgIpc) is 3.23. The monoisotopic (exact) mass is 416 g/mol. The van der Waals surface area contributed by atoms with Crippen molar-refractivity contribution in [2.24, 2.45) is 0 Å². The molecule has 0 amide bonds. The molecule has 0 saturated carbocycles. The Bertz CT molecular complexity index is 899. The second kappa shape index (κ2) is 8.79. The Morgan fingerprint density at radius 1 is 1.10 bits per heavy atom. The fraction of sp³-hybridized carbons (Fsp3) is 0.476. The van der Waals surface area contributed by atoms with E-state index in [0.29, 0.717) is 13.2 Å². The molecule has 7 nitrogen and oxygen atoms in total. The summed E-state index contributed by atoms with van der Waals surface area (Å²) in [5, 5.41) is 0. The number of rotatable bonds is 6. The van der Waals surface area contributed by atoms with Gasteiger partial charge in [0.1, 0.15) is 10.7 Å². The molecular formula is C21H28N4O3S. The molecule has 4 rings (SSSR count). The minimum Gasteiger partial charge on any atom is -0.378 e. The number of anilines is 1. The number of nitrogens with zero attached hydrogens (tertiary/aromatic N) is 4. The largest absolute Gasteiger partial charge is 0.378 e. The Morgan fingerprint density at radius 3 is 2.55 bits per heavy atom. The first-order chi connectivity index (χ1) is 14.0. The van der Waals surface area contributed by atoms with Gasteiger partial charge in [0.15, 0.2) is 0 Å². The predicted octanol–water partition coefficient (Wildman–Crippen LogP) is 1.81. The summed E-state index contributed by atoms with van der Waals surface area (Å²) in [6.07, 6.45) is 2.31. The lowest BCUT2D eigenvalue weighted by Gasteiger charge is -2.28. The van der Waals surface area contributed by atoms with Crippen molar-refractivity contribution in [2.45, 2.75) is 23.9 Å². The minimum atomic E-state index is -3.57. The van der Waals surface area contributed by atoms with E-state index >= 15 is 0 Å². The molecule has 2 fully saturated rings. The quantitative estimate of drug-likeness (QED) is 0.716. The van der Waals surface area contributed by atoms with Crippen molar-refractivity contribution in [2.75, 3.05) is 51.3 Å². The second-order valence-corrected chi connectivity index (χ2v) is 9.63. The van der Waals surface area contributed by atoms with Gasteiger partial charge in [-0.05, 0) is 24.1 Å². The van der Waals surface area contributed by atoms with Crippen LogP contribution in [0.5, 0.6) is 0 Å². The Morgan fingerprint density at radius 2 is 1.86 bits per heavy atom. The minimum absolute atomic E-state index is 0.0253. The number of sulfonamides is 1. The van der Waals surface area contributed by atoms with Crippen LogP contribution < -0.4 is 4.90 Å². The van der Waals surface area contributed by atoms with E-state index in [1.54, 1.807) is 19.2 Å². The van der Waals surface area contributed by atoms with Crippen LogP contribution in [0.4, 0.5) is 5.82 Å². The van der Waals surface area contributed by atoms with E-state index in [4.69, 9.17) is 4.74 Å². The van der Waals surface area contributed by atoms with E-state index in [1.807, 2.05) is 18.2 Å². The molecule has 2 aliphatic rings. The van der Waals surface area contributed by atoms with E-state index in [-0.39, 0.29) is 10.9 Å². The average molecular weight is 417 g/mol. The first-order valence-corrected chi connectivity index (χ1v) is 11.5. The lowest BCUT2D eigenvalue weighted by molar-refractivity contribution is 0.122. The lowest BCUT2D eigenvalue weighted by atomic mass is 10.2. The Kier molecular flexibility index (Phi) is 6.15. The normalized spacial score (nSPS) is 21.0. The molecule has 3 heterocycles. The molecule has 2 aromatic rings. The van der Waals surface area contributed by atoms with Gasteiger partial charge in [0.25, 0.3) is 0 Å². The van der Waals surface area contributed by atoms with E-state index in [0.717, 1.165) is 45.0 Å². The van der Waals surface area contributed by atoms with Gasteiger partial charge in [0.05, 0.1) is 13.2 Å². The molecule has 0 N–H and O–H groups in total. The van der Waals surface area contributed by atoms with Crippen LogP contribution in [0.1, 0.15) is 12.0 Å². The summed E-state index contributed by atoms with van der Waals surface area (Å²) in [4.78, 5) is 9.08. The standard InChI is InChI=1S/C21H28N4O3S/c1-23(19-9-10-24(17-19)16-18-5-3-2-4-6-18)29(26,27)20-7-8-21(22-15-20)25-11-13-28-14-12-25/h2-8,15,19H,9-14,16-17H2,1H3/t19-/m0/s1. The summed E-state index contributed by atoms with van der Waals surface area (Å²) in [5.74, 6) is 0.796. The molecule has 2 aliphatic heterocycles. The molecule has 1 aromatic heterocycles. The van der Waals surface area contributed by atoms with Crippen LogP contribution in [0.15, 0.2) is 53.6 Å². The molecule has 0 unspecified atom stereocenters. The van der Waals surface area contributed by atoms with E-state index in [1.165, 1.54) is 16.1 Å². The molecule has 0 bridgehead atoms. The molecule has 29 heavy (non-hydrogen) atoms. The van der Waals surface area contributed by atoms with E-state index in [2.05, 4.69) is 26.9 Å². The third-order valence-corrected chi connectivity index (χ3v) is 7.64. The highest BCUT2D eigenvalue weighted by atomic mass is 32.2. The zero-order chi connectivity index (χ0) is 20.3. The summed E-state index contributed by atoms with van der Waals surface area (Å²) in [6, 6.07) is 13.7. The van der Waals surface area contributed by atoms with Crippen LogP contribution in [0.3, 0.4) is 0 Å². The van der Waals surface area contributed by atoms with Crippen molar-refractivity contribution in [3.63, 3.8) is 0 Å². The molecular weight excluding hydrogens is 388 g/mol. The van der Waals surface area contributed by atoms with Gasteiger partial charge >= 0.3 is 0 Å². The molecule has 0 aliphatic carbocycles. The van der Waals surface area contributed by atoms with Gasteiger partial charge in [-0.25, -0.2) is 13.4 Å². The number of ether oxygens (including phenoxy) is 1. The van der Waals surface area contributed by atoms with Gasteiger partial charge in [0.2, 0.25) is 10.0 Å². The number of morpholine rings is 1. The summed E-state index contributed by atoms with van der Waals surface area (Å²) >= 11 is 0. The van der Waals surface area contributed by atoms with Crippen molar-refractivity contribution >= 4 is 15.8 Å². The van der Waals surface area contributed by atoms with Crippen LogP contribution in [0.2, 0.25) is 0 Å². The van der Waals surface area contributed by atoms with Crippen molar-refractivity contribution in [1.82, 2.24) is 14.2 Å². The van der Waals surface area contributed by atoms with Gasteiger partial charge < -0.3 is 9.64 Å². The first-order valence-electron chi connectivity index (χ1n) is 10.1. The lowest BCUT2D eigenvalue weighted by Crippen LogP contribution is -2.39. The molecule has 0 radical (unpaired) electrons. The van der Waals surface area contributed by atoms with Crippen LogP contribution >= 0.6 is 0 Å². The van der Waals surface area contributed by atoms with Crippen molar-refractivity contribution in [3.8, 4) is 0 Å². The van der Waals surface area contributed by atoms with E-state index in [9.17, 15) is 8.42 Å². The SMILES string of the molecule is CN([C@H]1CCN(Cc2ccccc2)C1)S(=O)(=O)c1ccc(N2CCOCC2)nc1. The van der Waals surface area contributed by atoms with Gasteiger partial charge in [0, 0.05) is 52.0 Å². The zero-order valence-corrected chi connectivity index (χ0v) is 17.6.